The number of carbonyl (C=O) groups is 1. The Morgan fingerprint density at radius 1 is 1.50 bits per heavy atom. The SMILES string of the molecule is COc1cccc(C2(N)CCCC(O)C2=O)c1.Cl. The number of Topliss-reactive ketones (excluding diaryl/α,β-unsaturated/α-hetero) is 1. The number of halogens is 1. The molecule has 1 fully saturated rings. The third-order valence-corrected chi connectivity index (χ3v) is 3.38. The smallest absolute Gasteiger partial charge is 0.185 e. The maximum absolute atomic E-state index is 12.0. The first-order valence-corrected chi connectivity index (χ1v) is 5.74. The van der Waals surface area contributed by atoms with E-state index in [0.29, 0.717) is 24.2 Å². The monoisotopic (exact) mass is 271 g/mol. The Balaban J connectivity index is 0.00000162. The molecule has 0 saturated heterocycles. The second kappa shape index (κ2) is 5.69. The van der Waals surface area contributed by atoms with E-state index in [0.717, 1.165) is 6.42 Å². The van der Waals surface area contributed by atoms with Gasteiger partial charge in [0.05, 0.1) is 7.11 Å². The highest BCUT2D eigenvalue weighted by atomic mass is 35.5. The molecule has 100 valence electrons. The molecule has 0 spiro atoms. The first kappa shape index (κ1) is 15.0. The number of hydrogen-bond donors (Lipinski definition) is 2. The molecule has 1 aliphatic rings. The molecule has 1 aromatic rings. The van der Waals surface area contributed by atoms with E-state index in [1.807, 2.05) is 0 Å². The Labute approximate surface area is 113 Å². The van der Waals surface area contributed by atoms with Gasteiger partial charge in [-0.1, -0.05) is 12.1 Å². The van der Waals surface area contributed by atoms with Crippen molar-refractivity contribution in [1.29, 1.82) is 0 Å². The van der Waals surface area contributed by atoms with Gasteiger partial charge >= 0.3 is 0 Å². The van der Waals surface area contributed by atoms with Gasteiger partial charge in [-0.05, 0) is 37.0 Å². The van der Waals surface area contributed by atoms with Gasteiger partial charge < -0.3 is 15.6 Å². The third kappa shape index (κ3) is 2.51. The molecule has 2 unspecified atom stereocenters. The molecular formula is C13H18ClNO3. The molecule has 2 rings (SSSR count). The highest BCUT2D eigenvalue weighted by Crippen LogP contribution is 2.33. The van der Waals surface area contributed by atoms with Crippen molar-refractivity contribution in [2.24, 2.45) is 5.73 Å². The van der Waals surface area contributed by atoms with Crippen molar-refractivity contribution in [3.8, 4) is 5.75 Å². The number of hydrogen-bond acceptors (Lipinski definition) is 4. The zero-order valence-corrected chi connectivity index (χ0v) is 11.1. The summed E-state index contributed by atoms with van der Waals surface area (Å²) in [4.78, 5) is 12.0. The number of carbonyl (C=O) groups excluding carboxylic acids is 1. The number of benzene rings is 1. The molecule has 0 aromatic heterocycles. The Kier molecular flexibility index (Phi) is 4.73. The molecule has 2 atom stereocenters. The predicted molar refractivity (Wildman–Crippen MR) is 71.0 cm³/mol. The summed E-state index contributed by atoms with van der Waals surface area (Å²) in [5.74, 6) is 0.372. The molecule has 0 bridgehead atoms. The number of rotatable bonds is 2. The largest absolute Gasteiger partial charge is 0.497 e. The number of aliphatic hydroxyl groups excluding tert-OH is 1. The van der Waals surface area contributed by atoms with Crippen LogP contribution in [0.25, 0.3) is 0 Å². The molecule has 0 heterocycles. The van der Waals surface area contributed by atoms with E-state index in [2.05, 4.69) is 0 Å². The van der Waals surface area contributed by atoms with Crippen LogP contribution in [0.4, 0.5) is 0 Å². The van der Waals surface area contributed by atoms with Crippen molar-refractivity contribution >= 4 is 18.2 Å². The summed E-state index contributed by atoms with van der Waals surface area (Å²) in [6, 6.07) is 7.17. The number of methoxy groups -OCH3 is 1. The highest BCUT2D eigenvalue weighted by Gasteiger charge is 2.42. The molecule has 1 aliphatic carbocycles. The molecule has 18 heavy (non-hydrogen) atoms. The summed E-state index contributed by atoms with van der Waals surface area (Å²) >= 11 is 0. The zero-order valence-electron chi connectivity index (χ0n) is 10.3. The van der Waals surface area contributed by atoms with Gasteiger partial charge in [0.15, 0.2) is 5.78 Å². The fraction of sp³-hybridized carbons (Fsp3) is 0.462. The van der Waals surface area contributed by atoms with Crippen molar-refractivity contribution < 1.29 is 14.6 Å². The van der Waals surface area contributed by atoms with Crippen molar-refractivity contribution in [3.63, 3.8) is 0 Å². The van der Waals surface area contributed by atoms with Crippen LogP contribution < -0.4 is 10.5 Å². The van der Waals surface area contributed by atoms with Crippen molar-refractivity contribution in [1.82, 2.24) is 0 Å². The minimum atomic E-state index is -1.08. The molecule has 4 nitrogen and oxygen atoms in total. The first-order valence-electron chi connectivity index (χ1n) is 5.74. The van der Waals surface area contributed by atoms with Crippen LogP contribution in [0.3, 0.4) is 0 Å². The van der Waals surface area contributed by atoms with Crippen molar-refractivity contribution in [2.75, 3.05) is 7.11 Å². The Hall–Kier alpha value is -1.10. The van der Waals surface area contributed by atoms with Crippen molar-refractivity contribution in [2.45, 2.75) is 30.9 Å². The number of nitrogens with two attached hydrogens (primary N) is 1. The molecule has 1 saturated carbocycles. The molecule has 1 aromatic carbocycles. The minimum absolute atomic E-state index is 0. The second-order valence-corrected chi connectivity index (χ2v) is 4.48. The lowest BCUT2D eigenvalue weighted by molar-refractivity contribution is -0.136. The van der Waals surface area contributed by atoms with Crippen LogP contribution in [0.2, 0.25) is 0 Å². The fourth-order valence-corrected chi connectivity index (χ4v) is 2.31. The van der Waals surface area contributed by atoms with Gasteiger partial charge in [-0.3, -0.25) is 4.79 Å². The van der Waals surface area contributed by atoms with Crippen LogP contribution in [0.1, 0.15) is 24.8 Å². The summed E-state index contributed by atoms with van der Waals surface area (Å²) < 4.78 is 5.12. The van der Waals surface area contributed by atoms with Gasteiger partial charge in [-0.25, -0.2) is 0 Å². The second-order valence-electron chi connectivity index (χ2n) is 4.48. The number of ether oxygens (including phenoxy) is 1. The third-order valence-electron chi connectivity index (χ3n) is 3.38. The average Bonchev–Trinajstić information content (AvgIpc) is 2.36. The Bertz CT molecular complexity index is 438. The van der Waals surface area contributed by atoms with E-state index < -0.39 is 11.6 Å². The summed E-state index contributed by atoms with van der Waals surface area (Å²) in [6.45, 7) is 0. The van der Waals surface area contributed by atoms with E-state index in [4.69, 9.17) is 10.5 Å². The highest BCUT2D eigenvalue weighted by molar-refractivity contribution is 5.93. The predicted octanol–water partition coefficient (Wildman–Crippen LogP) is 1.38. The van der Waals surface area contributed by atoms with Crippen LogP contribution in [0.15, 0.2) is 24.3 Å². The summed E-state index contributed by atoms with van der Waals surface area (Å²) in [6.07, 6.45) is 0.873. The molecule has 0 amide bonds. The molecule has 0 radical (unpaired) electrons. The first-order chi connectivity index (χ1) is 8.08. The van der Waals surface area contributed by atoms with Gasteiger partial charge in [-0.2, -0.15) is 0 Å². The van der Waals surface area contributed by atoms with E-state index in [9.17, 15) is 9.90 Å². The number of ketones is 1. The van der Waals surface area contributed by atoms with E-state index in [1.54, 1.807) is 31.4 Å². The summed E-state index contributed by atoms with van der Waals surface area (Å²) in [7, 11) is 1.57. The van der Waals surface area contributed by atoms with Crippen LogP contribution in [0.5, 0.6) is 5.75 Å². The summed E-state index contributed by atoms with van der Waals surface area (Å²) in [5, 5.41) is 9.64. The van der Waals surface area contributed by atoms with Gasteiger partial charge in [0.2, 0.25) is 0 Å². The normalized spacial score (nSPS) is 27.5. The zero-order chi connectivity index (χ0) is 12.5. The average molecular weight is 272 g/mol. The molecular weight excluding hydrogens is 254 g/mol. The quantitative estimate of drug-likeness (QED) is 0.852. The fourth-order valence-electron chi connectivity index (χ4n) is 2.31. The van der Waals surface area contributed by atoms with E-state index in [-0.39, 0.29) is 18.2 Å². The Morgan fingerprint density at radius 2 is 2.22 bits per heavy atom. The lowest BCUT2D eigenvalue weighted by atomic mass is 9.75. The lowest BCUT2D eigenvalue weighted by Crippen LogP contribution is -2.52. The maximum atomic E-state index is 12.0. The van der Waals surface area contributed by atoms with Gasteiger partial charge in [0, 0.05) is 0 Å². The maximum Gasteiger partial charge on any atom is 0.185 e. The molecule has 5 heteroatoms. The van der Waals surface area contributed by atoms with Crippen LogP contribution in [-0.4, -0.2) is 24.1 Å². The van der Waals surface area contributed by atoms with Crippen LogP contribution in [-0.2, 0) is 10.3 Å². The van der Waals surface area contributed by atoms with E-state index in [1.165, 1.54) is 0 Å². The van der Waals surface area contributed by atoms with Crippen LogP contribution in [0, 0.1) is 0 Å². The van der Waals surface area contributed by atoms with E-state index >= 15 is 0 Å². The van der Waals surface area contributed by atoms with Crippen molar-refractivity contribution in [3.05, 3.63) is 29.8 Å². The van der Waals surface area contributed by atoms with Gasteiger partial charge in [0.25, 0.3) is 0 Å². The van der Waals surface area contributed by atoms with Gasteiger partial charge in [0.1, 0.15) is 17.4 Å². The number of aliphatic hydroxyl groups is 1. The Morgan fingerprint density at radius 3 is 2.89 bits per heavy atom. The lowest BCUT2D eigenvalue weighted by Gasteiger charge is -2.34. The van der Waals surface area contributed by atoms with Crippen LogP contribution >= 0.6 is 12.4 Å². The summed E-state index contributed by atoms with van der Waals surface area (Å²) in [5.41, 5.74) is 5.80. The minimum Gasteiger partial charge on any atom is -0.497 e. The molecule has 0 aliphatic heterocycles. The van der Waals surface area contributed by atoms with Gasteiger partial charge in [-0.15, -0.1) is 12.4 Å². The standard InChI is InChI=1S/C13H17NO3.ClH/c1-17-10-5-2-4-9(8-10)13(14)7-3-6-11(15)12(13)16;/h2,4-5,8,11,15H,3,6-7,14H2,1H3;1H. The molecule has 3 N–H and O–H groups in total. The topological polar surface area (TPSA) is 72.6 Å².